The highest BCUT2D eigenvalue weighted by atomic mass is 35.5. The summed E-state index contributed by atoms with van der Waals surface area (Å²) in [7, 11) is 1.25. The van der Waals surface area contributed by atoms with Crippen molar-refractivity contribution in [3.05, 3.63) is 56.4 Å². The van der Waals surface area contributed by atoms with Gasteiger partial charge in [-0.1, -0.05) is 39.6 Å². The molecule has 4 heterocycles. The van der Waals surface area contributed by atoms with E-state index in [4.69, 9.17) is 38.3 Å². The van der Waals surface area contributed by atoms with Gasteiger partial charge in [-0.25, -0.2) is 9.78 Å². The van der Waals surface area contributed by atoms with Crippen LogP contribution in [0, 0.1) is 0 Å². The molecule has 2 aliphatic rings. The number of aromatic nitrogens is 2. The van der Waals surface area contributed by atoms with Gasteiger partial charge in [-0.2, -0.15) is 0 Å². The summed E-state index contributed by atoms with van der Waals surface area (Å²) in [5.74, 6) is -3.51. The van der Waals surface area contributed by atoms with Crippen LogP contribution >= 0.6 is 46.3 Å². The predicted octanol–water partition coefficient (Wildman–Crippen LogP) is 2.90. The minimum absolute atomic E-state index is 0.152. The molecule has 2 atom stereocenters. The zero-order chi connectivity index (χ0) is 30.3. The fourth-order valence-electron chi connectivity index (χ4n) is 4.14. The van der Waals surface area contributed by atoms with E-state index in [9.17, 15) is 29.7 Å². The molecule has 0 unspecified atom stereocenters. The number of nitrogen functional groups attached to an aromatic ring is 1. The van der Waals surface area contributed by atoms with Crippen molar-refractivity contribution in [2.24, 2.45) is 5.16 Å². The average Bonchev–Trinajstić information content (AvgIpc) is 3.62. The summed E-state index contributed by atoms with van der Waals surface area (Å²) in [4.78, 5) is 48.0. The number of nitrogens with two attached hydrogens (primary N) is 1. The van der Waals surface area contributed by atoms with Crippen molar-refractivity contribution in [3.8, 4) is 22.8 Å². The highest BCUT2D eigenvalue weighted by Gasteiger charge is 2.54. The maximum absolute atomic E-state index is 13.0. The number of carbonyl (C=O) groups excluding carboxylic acids is 2. The highest BCUT2D eigenvalue weighted by Crippen LogP contribution is 2.45. The zero-order valence-electron chi connectivity index (χ0n) is 21.1. The molecule has 2 amide bonds. The molecule has 1 aromatic carbocycles. The Balaban J connectivity index is 1.34. The minimum Gasteiger partial charge on any atom is -0.503 e. The molecule has 0 aliphatic carbocycles. The molecular formula is C24H18Cl2N6O8S2. The Morgan fingerprint density at radius 2 is 2.05 bits per heavy atom. The van der Waals surface area contributed by atoms with E-state index in [0.29, 0.717) is 5.57 Å². The minimum atomic E-state index is -1.34. The van der Waals surface area contributed by atoms with Gasteiger partial charge in [0.25, 0.3) is 11.8 Å². The molecule has 2 aromatic heterocycles. The summed E-state index contributed by atoms with van der Waals surface area (Å²) in [6.45, 7) is 0. The number of benzene rings is 1. The maximum Gasteiger partial charge on any atom is 0.352 e. The first-order chi connectivity index (χ1) is 20.0. The highest BCUT2D eigenvalue weighted by molar-refractivity contribution is 8.00. The van der Waals surface area contributed by atoms with Crippen molar-refractivity contribution in [1.29, 1.82) is 0 Å². The third kappa shape index (κ3) is 5.24. The van der Waals surface area contributed by atoms with Crippen LogP contribution in [-0.4, -0.2) is 78.1 Å². The molecule has 218 valence electrons. The van der Waals surface area contributed by atoms with E-state index in [-0.39, 0.29) is 55.0 Å². The van der Waals surface area contributed by atoms with Crippen molar-refractivity contribution >= 4 is 81.0 Å². The van der Waals surface area contributed by atoms with Gasteiger partial charge in [-0.3, -0.25) is 14.5 Å². The molecule has 0 saturated carbocycles. The number of carboxylic acid groups (broad SMARTS) is 1. The number of allylic oxidation sites excluding steroid dienone is 1. The first-order valence-corrected chi connectivity index (χ1v) is 14.3. The number of anilines is 1. The molecular weight excluding hydrogens is 635 g/mol. The number of hydrogen-bond acceptors (Lipinski definition) is 13. The summed E-state index contributed by atoms with van der Waals surface area (Å²) in [5.41, 5.74) is 6.06. The second-order valence-electron chi connectivity index (χ2n) is 8.60. The van der Waals surface area contributed by atoms with E-state index in [1.165, 1.54) is 48.5 Å². The van der Waals surface area contributed by atoms with Crippen LogP contribution in [0.15, 0.2) is 44.5 Å². The Morgan fingerprint density at radius 3 is 2.71 bits per heavy atom. The van der Waals surface area contributed by atoms with Gasteiger partial charge in [0.15, 0.2) is 28.1 Å². The van der Waals surface area contributed by atoms with Crippen LogP contribution < -0.4 is 11.1 Å². The van der Waals surface area contributed by atoms with Gasteiger partial charge in [0.2, 0.25) is 0 Å². The molecule has 3 aromatic rings. The number of β-lactam (4-membered cyclic amide) rings is 1. The summed E-state index contributed by atoms with van der Waals surface area (Å²) in [6, 6.07) is 1.74. The molecule has 42 heavy (non-hydrogen) atoms. The van der Waals surface area contributed by atoms with E-state index in [2.05, 4.69) is 20.6 Å². The van der Waals surface area contributed by atoms with Crippen molar-refractivity contribution < 1.29 is 39.1 Å². The molecule has 1 saturated heterocycles. The van der Waals surface area contributed by atoms with Crippen molar-refractivity contribution in [3.63, 3.8) is 0 Å². The Hall–Kier alpha value is -4.25. The fourth-order valence-corrected chi connectivity index (χ4v) is 6.45. The topological polar surface area (TPSA) is 214 Å². The Bertz CT molecular complexity index is 1720. The summed E-state index contributed by atoms with van der Waals surface area (Å²) in [5, 5.41) is 40.5. The molecule has 1 fully saturated rings. The number of fused-ring (bicyclic) bond motifs is 1. The van der Waals surface area contributed by atoms with Crippen molar-refractivity contribution in [2.75, 3.05) is 18.6 Å². The number of aromatic hydroxyl groups is 2. The second kappa shape index (κ2) is 11.6. The number of nitrogens with zero attached hydrogens (tertiary/aromatic N) is 4. The number of phenols is 2. The van der Waals surface area contributed by atoms with Gasteiger partial charge in [-0.05, 0) is 17.7 Å². The number of aliphatic carboxylic acids is 1. The maximum atomic E-state index is 13.0. The van der Waals surface area contributed by atoms with Crippen molar-refractivity contribution in [2.45, 2.75) is 11.4 Å². The Morgan fingerprint density at radius 1 is 1.29 bits per heavy atom. The number of thioether (sulfide) groups is 1. The number of nitrogens with one attached hydrogen (secondary N) is 1. The average molecular weight is 653 g/mol. The second-order valence-corrected chi connectivity index (χ2v) is 11.4. The standard InChI is InChI=1S/C24H18Cl2N6O8S2/c1-39-31-15(13-7-42-24(27)28-13)20(35)29-16-21(36)32-17(23(37)38)8(6-41-22(16)32)2-3-9-4-12(30-40-9)10-5-11(25)18(33)19(34)14(10)26/h2-5,7,16,22,33-34H,6H2,1H3,(H2,27,28)(H,29,35)(H,37,38)/b3-2+,31-15+/t16-,22-/m1/s1. The van der Waals surface area contributed by atoms with Crippen LogP contribution in [0.2, 0.25) is 10.0 Å². The summed E-state index contributed by atoms with van der Waals surface area (Å²) in [6.07, 6.45) is 2.91. The molecule has 5 rings (SSSR count). The predicted molar refractivity (Wildman–Crippen MR) is 154 cm³/mol. The molecule has 14 nitrogen and oxygen atoms in total. The van der Waals surface area contributed by atoms with Gasteiger partial charge < -0.3 is 35.7 Å². The number of amides is 2. The lowest BCUT2D eigenvalue weighted by atomic mass is 10.0. The molecule has 18 heteroatoms. The molecule has 0 radical (unpaired) electrons. The van der Waals surface area contributed by atoms with Gasteiger partial charge in [0.1, 0.15) is 35.6 Å². The van der Waals surface area contributed by atoms with Crippen LogP contribution in [0.1, 0.15) is 11.5 Å². The Labute approximate surface area is 254 Å². The SMILES string of the molecule is CO/N=C(/C(=O)N[C@@H]1C(=O)N2C(C(=O)O)=C(/C=C/c3cc(-c4cc(Cl)c(O)c(O)c4Cl)no3)CS[C@H]12)c1csc(N)n1. The first-order valence-electron chi connectivity index (χ1n) is 11.6. The van der Waals surface area contributed by atoms with E-state index in [1.54, 1.807) is 0 Å². The van der Waals surface area contributed by atoms with Gasteiger partial charge in [0.05, 0.1) is 10.0 Å². The normalized spacial score (nSPS) is 18.7. The smallest absolute Gasteiger partial charge is 0.352 e. The van der Waals surface area contributed by atoms with Gasteiger partial charge in [0, 0.05) is 22.8 Å². The third-order valence-electron chi connectivity index (χ3n) is 6.07. The van der Waals surface area contributed by atoms with E-state index >= 15 is 0 Å². The lowest BCUT2D eigenvalue weighted by Gasteiger charge is -2.49. The van der Waals surface area contributed by atoms with Crippen LogP contribution in [-0.2, 0) is 19.2 Å². The van der Waals surface area contributed by atoms with Crippen LogP contribution in [0.5, 0.6) is 11.5 Å². The molecule has 6 N–H and O–H groups in total. The molecule has 0 spiro atoms. The fraction of sp³-hybridized carbons (Fsp3) is 0.167. The molecule has 0 bridgehead atoms. The van der Waals surface area contributed by atoms with Crippen molar-refractivity contribution in [1.82, 2.24) is 20.4 Å². The van der Waals surface area contributed by atoms with E-state index in [1.807, 2.05) is 0 Å². The Kier molecular flexibility index (Phi) is 8.05. The monoisotopic (exact) mass is 652 g/mol. The zero-order valence-corrected chi connectivity index (χ0v) is 24.2. The number of halogens is 2. The quantitative estimate of drug-likeness (QED) is 0.103. The lowest BCUT2D eigenvalue weighted by molar-refractivity contribution is -0.150. The van der Waals surface area contributed by atoms with Gasteiger partial charge in [-0.15, -0.1) is 23.1 Å². The van der Waals surface area contributed by atoms with E-state index < -0.39 is 40.7 Å². The largest absolute Gasteiger partial charge is 0.503 e. The number of thiazole rings is 1. The first kappa shape index (κ1) is 29.2. The number of oxime groups is 1. The number of hydrogen-bond donors (Lipinski definition) is 5. The van der Waals surface area contributed by atoms with Crippen LogP contribution in [0.25, 0.3) is 17.3 Å². The van der Waals surface area contributed by atoms with Crippen LogP contribution in [0.4, 0.5) is 5.13 Å². The molecule has 2 aliphatic heterocycles. The number of rotatable bonds is 8. The van der Waals surface area contributed by atoms with Gasteiger partial charge >= 0.3 is 5.97 Å². The number of carboxylic acids is 1. The number of carbonyl (C=O) groups is 3. The summed E-state index contributed by atoms with van der Waals surface area (Å²) >= 11 is 14.4. The third-order valence-corrected chi connectivity index (χ3v) is 8.72. The number of phenolic OH excluding ortho intramolecular Hbond substituents is 2. The summed E-state index contributed by atoms with van der Waals surface area (Å²) < 4.78 is 5.27. The van der Waals surface area contributed by atoms with E-state index in [0.717, 1.165) is 16.2 Å². The lowest BCUT2D eigenvalue weighted by Crippen LogP contribution is -2.71. The van der Waals surface area contributed by atoms with Crippen LogP contribution in [0.3, 0.4) is 0 Å².